The topological polar surface area (TPSA) is 154 Å². The molecule has 1 aliphatic heterocycles. The molecule has 2 atom stereocenters. The molecule has 28 heavy (non-hydrogen) atoms. The average molecular weight is 390 g/mol. The van der Waals surface area contributed by atoms with Crippen LogP contribution < -0.4 is 5.43 Å². The van der Waals surface area contributed by atoms with Gasteiger partial charge in [0, 0.05) is 11.5 Å². The van der Waals surface area contributed by atoms with Gasteiger partial charge in [-0.25, -0.2) is 5.43 Å². The van der Waals surface area contributed by atoms with Gasteiger partial charge in [-0.1, -0.05) is 13.8 Å². The van der Waals surface area contributed by atoms with E-state index >= 15 is 0 Å². The molecule has 2 fully saturated rings. The molecule has 0 spiro atoms. The van der Waals surface area contributed by atoms with Gasteiger partial charge in [0.25, 0.3) is 17.3 Å². The summed E-state index contributed by atoms with van der Waals surface area (Å²) in [5.41, 5.74) is -1.58. The second kappa shape index (κ2) is 6.08. The predicted octanol–water partition coefficient (Wildman–Crippen LogP) is 2.08. The summed E-state index contributed by atoms with van der Waals surface area (Å²) in [7, 11) is 0. The Morgan fingerprint density at radius 3 is 2.39 bits per heavy atom. The molecule has 1 aliphatic carbocycles. The zero-order chi connectivity index (χ0) is 20.9. The van der Waals surface area contributed by atoms with Crippen molar-refractivity contribution in [3.8, 4) is 0 Å². The standard InChI is InChI=1S/C17H18N4O7/c1-15(2)16(3)6-7-17(15,28-14(16)23)13(22)19-18-9-10-4-5-11(20(24)25)8-12(10)21(26)27/h4-5,8-9H,6-7H2,1-3H3,(H,19,22). The number of hydrazone groups is 1. The third-order valence-corrected chi connectivity index (χ3v) is 6.24. The number of carbonyl (C=O) groups excluding carboxylic acids is 2. The van der Waals surface area contributed by atoms with Crippen molar-refractivity contribution in [3.63, 3.8) is 0 Å². The van der Waals surface area contributed by atoms with Crippen LogP contribution in [0.5, 0.6) is 0 Å². The first-order valence-electron chi connectivity index (χ1n) is 8.46. The molecular weight excluding hydrogens is 372 g/mol. The van der Waals surface area contributed by atoms with Crippen LogP contribution in [0.1, 0.15) is 39.2 Å². The summed E-state index contributed by atoms with van der Waals surface area (Å²) in [4.78, 5) is 45.4. The van der Waals surface area contributed by atoms with Crippen LogP contribution in [-0.4, -0.2) is 33.5 Å². The number of carbonyl (C=O) groups is 2. The maximum absolute atomic E-state index is 12.8. The van der Waals surface area contributed by atoms with Gasteiger partial charge < -0.3 is 4.74 Å². The summed E-state index contributed by atoms with van der Waals surface area (Å²) < 4.78 is 5.43. The normalized spacial score (nSPS) is 27.6. The molecule has 0 aromatic heterocycles. The quantitative estimate of drug-likeness (QED) is 0.349. The molecule has 1 amide bonds. The van der Waals surface area contributed by atoms with Gasteiger partial charge in [0.1, 0.15) is 0 Å². The van der Waals surface area contributed by atoms with E-state index < -0.39 is 49.5 Å². The molecule has 1 aromatic carbocycles. The summed E-state index contributed by atoms with van der Waals surface area (Å²) in [6.45, 7) is 5.34. The van der Waals surface area contributed by atoms with E-state index in [0.29, 0.717) is 12.8 Å². The highest BCUT2D eigenvalue weighted by Gasteiger charge is 2.75. The average Bonchev–Trinajstić information content (AvgIpc) is 2.91. The number of amides is 1. The van der Waals surface area contributed by atoms with Gasteiger partial charge in [0.2, 0.25) is 0 Å². The van der Waals surface area contributed by atoms with Gasteiger partial charge in [-0.2, -0.15) is 5.10 Å². The van der Waals surface area contributed by atoms with Gasteiger partial charge in [0.15, 0.2) is 5.60 Å². The lowest BCUT2D eigenvalue weighted by Crippen LogP contribution is -2.52. The van der Waals surface area contributed by atoms with E-state index in [1.54, 1.807) is 20.8 Å². The number of hydrogen-bond donors (Lipinski definition) is 1. The Labute approximate surface area is 159 Å². The van der Waals surface area contributed by atoms with Crippen LogP contribution in [0.2, 0.25) is 0 Å². The first kappa shape index (κ1) is 19.4. The first-order valence-corrected chi connectivity index (χ1v) is 8.46. The van der Waals surface area contributed by atoms with Crippen molar-refractivity contribution in [1.29, 1.82) is 0 Å². The summed E-state index contributed by atoms with van der Waals surface area (Å²) in [6, 6.07) is 3.07. The largest absolute Gasteiger partial charge is 0.448 e. The van der Waals surface area contributed by atoms with E-state index in [-0.39, 0.29) is 5.56 Å². The summed E-state index contributed by atoms with van der Waals surface area (Å²) in [5, 5.41) is 25.7. The van der Waals surface area contributed by atoms with Crippen molar-refractivity contribution in [2.75, 3.05) is 0 Å². The molecule has 1 heterocycles. The number of ether oxygens (including phenoxy) is 1. The minimum absolute atomic E-state index is 0.0210. The SMILES string of the molecule is CC12CCC(C(=O)NN=Cc3ccc([N+](=O)[O-])cc3[N+](=O)[O-])(OC1=O)C2(C)C. The van der Waals surface area contributed by atoms with Gasteiger partial charge in [-0.15, -0.1) is 0 Å². The Balaban J connectivity index is 1.83. The van der Waals surface area contributed by atoms with Crippen molar-refractivity contribution in [2.24, 2.45) is 15.9 Å². The lowest BCUT2D eigenvalue weighted by atomic mass is 9.66. The van der Waals surface area contributed by atoms with E-state index in [1.165, 1.54) is 0 Å². The number of nitro benzene ring substituents is 2. The number of rotatable bonds is 5. The van der Waals surface area contributed by atoms with Crippen molar-refractivity contribution < 1.29 is 24.2 Å². The smallest absolute Gasteiger partial charge is 0.313 e. The number of benzene rings is 1. The monoisotopic (exact) mass is 390 g/mol. The first-order chi connectivity index (χ1) is 13.0. The Morgan fingerprint density at radius 1 is 1.21 bits per heavy atom. The van der Waals surface area contributed by atoms with E-state index in [1.807, 2.05) is 0 Å². The molecule has 1 aromatic rings. The molecule has 2 unspecified atom stereocenters. The highest BCUT2D eigenvalue weighted by Crippen LogP contribution is 2.65. The van der Waals surface area contributed by atoms with Crippen LogP contribution in [0.3, 0.4) is 0 Å². The number of esters is 1. The maximum Gasteiger partial charge on any atom is 0.313 e. The third kappa shape index (κ3) is 2.46. The van der Waals surface area contributed by atoms with Crippen LogP contribution in [0.4, 0.5) is 11.4 Å². The Kier molecular flexibility index (Phi) is 4.21. The molecule has 148 valence electrons. The molecule has 11 nitrogen and oxygen atoms in total. The van der Waals surface area contributed by atoms with Crippen LogP contribution in [-0.2, 0) is 14.3 Å². The second-order valence-corrected chi connectivity index (χ2v) is 7.63. The van der Waals surface area contributed by atoms with Crippen LogP contribution >= 0.6 is 0 Å². The second-order valence-electron chi connectivity index (χ2n) is 7.63. The number of hydrogen-bond acceptors (Lipinski definition) is 8. The molecule has 1 N–H and O–H groups in total. The summed E-state index contributed by atoms with van der Waals surface area (Å²) in [6.07, 6.45) is 1.87. The zero-order valence-electron chi connectivity index (χ0n) is 15.4. The summed E-state index contributed by atoms with van der Waals surface area (Å²) >= 11 is 0. The van der Waals surface area contributed by atoms with Crippen LogP contribution in [0, 0.1) is 31.1 Å². The van der Waals surface area contributed by atoms with Gasteiger partial charge in [0.05, 0.1) is 33.1 Å². The number of nitrogens with zero attached hydrogens (tertiary/aromatic N) is 3. The van der Waals surface area contributed by atoms with Crippen LogP contribution in [0.25, 0.3) is 0 Å². The fraction of sp³-hybridized carbons (Fsp3) is 0.471. The third-order valence-electron chi connectivity index (χ3n) is 6.24. The van der Waals surface area contributed by atoms with Gasteiger partial charge in [-0.3, -0.25) is 29.8 Å². The molecular formula is C17H18N4O7. The lowest BCUT2D eigenvalue weighted by molar-refractivity contribution is -0.394. The van der Waals surface area contributed by atoms with E-state index in [0.717, 1.165) is 24.4 Å². The maximum atomic E-state index is 12.8. The lowest BCUT2D eigenvalue weighted by Gasteiger charge is -2.34. The highest BCUT2D eigenvalue weighted by atomic mass is 16.6. The number of non-ortho nitro benzene ring substituents is 1. The molecule has 2 bridgehead atoms. The number of fused-ring (bicyclic) bond motifs is 2. The van der Waals surface area contributed by atoms with Gasteiger partial charge in [-0.05, 0) is 25.8 Å². The number of nitro groups is 2. The van der Waals surface area contributed by atoms with Crippen LogP contribution in [0.15, 0.2) is 23.3 Å². The molecule has 1 saturated carbocycles. The highest BCUT2D eigenvalue weighted by molar-refractivity contribution is 5.96. The Hall–Kier alpha value is -3.37. The Bertz CT molecular complexity index is 941. The Morgan fingerprint density at radius 2 is 1.89 bits per heavy atom. The molecule has 3 rings (SSSR count). The fourth-order valence-corrected chi connectivity index (χ4v) is 3.91. The number of nitrogens with one attached hydrogen (secondary N) is 1. The molecule has 0 radical (unpaired) electrons. The van der Waals surface area contributed by atoms with E-state index in [2.05, 4.69) is 10.5 Å². The van der Waals surface area contributed by atoms with Gasteiger partial charge >= 0.3 is 5.97 Å². The molecule has 11 heteroatoms. The van der Waals surface area contributed by atoms with Crippen molar-refractivity contribution in [1.82, 2.24) is 5.43 Å². The predicted molar refractivity (Wildman–Crippen MR) is 95.4 cm³/mol. The molecule has 1 saturated heterocycles. The zero-order valence-corrected chi connectivity index (χ0v) is 15.4. The molecule has 2 aliphatic rings. The van der Waals surface area contributed by atoms with Crippen molar-refractivity contribution >= 4 is 29.5 Å². The van der Waals surface area contributed by atoms with Crippen molar-refractivity contribution in [3.05, 3.63) is 44.0 Å². The van der Waals surface area contributed by atoms with E-state index in [9.17, 15) is 29.8 Å². The minimum atomic E-state index is -1.36. The summed E-state index contributed by atoms with van der Waals surface area (Å²) in [5.74, 6) is -1.05. The minimum Gasteiger partial charge on any atom is -0.448 e. The van der Waals surface area contributed by atoms with Crippen molar-refractivity contribution in [2.45, 2.75) is 39.2 Å². The fourth-order valence-electron chi connectivity index (χ4n) is 3.91. The van der Waals surface area contributed by atoms with E-state index in [4.69, 9.17) is 4.74 Å².